The predicted molar refractivity (Wildman–Crippen MR) is 85.8 cm³/mol. The number of amides is 2. The lowest BCUT2D eigenvalue weighted by atomic mass is 10.0. The van der Waals surface area contributed by atoms with Crippen LogP contribution in [0.5, 0.6) is 5.75 Å². The van der Waals surface area contributed by atoms with E-state index >= 15 is 0 Å². The van der Waals surface area contributed by atoms with E-state index in [1.54, 1.807) is 32.0 Å². The number of para-hydroxylation sites is 1. The lowest BCUT2D eigenvalue weighted by Crippen LogP contribution is -2.55. The lowest BCUT2D eigenvalue weighted by molar-refractivity contribution is -0.134. The summed E-state index contributed by atoms with van der Waals surface area (Å²) in [7, 11) is 0. The minimum absolute atomic E-state index is 0.0699. The Balaban J connectivity index is 2.29. The molecule has 0 bridgehead atoms. The van der Waals surface area contributed by atoms with Crippen molar-refractivity contribution >= 4 is 23.2 Å². The van der Waals surface area contributed by atoms with Crippen LogP contribution in [0, 0.1) is 5.92 Å². The number of hydrogen-bond acceptors (Lipinski definition) is 4. The summed E-state index contributed by atoms with van der Waals surface area (Å²) in [5.74, 6) is 0.367. The summed E-state index contributed by atoms with van der Waals surface area (Å²) in [6.07, 6.45) is 0. The highest BCUT2D eigenvalue weighted by Crippen LogP contribution is 2.41. The lowest BCUT2D eigenvalue weighted by Gasteiger charge is -2.39. The molecule has 0 aliphatic carbocycles. The van der Waals surface area contributed by atoms with Crippen molar-refractivity contribution in [1.82, 2.24) is 5.32 Å². The second-order valence-electron chi connectivity index (χ2n) is 6.40. The topological polar surface area (TPSA) is 84.7 Å². The van der Waals surface area contributed by atoms with Crippen molar-refractivity contribution in [3.63, 3.8) is 0 Å². The minimum atomic E-state index is -1.03. The number of fused-ring (bicyclic) bond motifs is 1. The number of carbonyl (C=O) groups excluding carboxylic acids is 2. The van der Waals surface area contributed by atoms with Crippen LogP contribution in [0.4, 0.5) is 11.4 Å². The highest BCUT2D eigenvalue weighted by atomic mass is 16.5. The van der Waals surface area contributed by atoms with Crippen molar-refractivity contribution in [1.29, 1.82) is 0 Å². The third-order valence-corrected chi connectivity index (χ3v) is 3.43. The van der Waals surface area contributed by atoms with Gasteiger partial charge in [0.05, 0.1) is 5.69 Å². The summed E-state index contributed by atoms with van der Waals surface area (Å²) in [4.78, 5) is 26.1. The molecule has 1 heterocycles. The third-order valence-electron chi connectivity index (χ3n) is 3.43. The van der Waals surface area contributed by atoms with E-state index in [0.29, 0.717) is 29.6 Å². The van der Waals surface area contributed by atoms with Crippen LogP contribution in [0.1, 0.15) is 27.7 Å². The first-order valence-corrected chi connectivity index (χ1v) is 7.38. The van der Waals surface area contributed by atoms with Gasteiger partial charge in [0.2, 0.25) is 5.91 Å². The molecule has 0 saturated carbocycles. The molecule has 0 unspecified atom stereocenters. The molecule has 1 aliphatic heterocycles. The molecule has 0 spiro atoms. The fourth-order valence-corrected chi connectivity index (χ4v) is 2.32. The Morgan fingerprint density at radius 2 is 2.09 bits per heavy atom. The molecule has 1 aliphatic rings. The molecule has 6 heteroatoms. The highest BCUT2D eigenvalue weighted by Gasteiger charge is 2.42. The summed E-state index contributed by atoms with van der Waals surface area (Å²) in [5.41, 5.74) is 5.83. The zero-order valence-electron chi connectivity index (χ0n) is 13.5. The van der Waals surface area contributed by atoms with Gasteiger partial charge in [-0.15, -0.1) is 0 Å². The number of nitrogen functional groups attached to an aromatic ring is 1. The van der Waals surface area contributed by atoms with E-state index in [-0.39, 0.29) is 18.4 Å². The van der Waals surface area contributed by atoms with Gasteiger partial charge in [0.25, 0.3) is 5.91 Å². The first-order chi connectivity index (χ1) is 10.2. The number of hydrogen-bond donors (Lipinski definition) is 2. The molecule has 2 amide bonds. The molecular weight excluding hydrogens is 282 g/mol. The van der Waals surface area contributed by atoms with Crippen LogP contribution in [0.3, 0.4) is 0 Å². The Kier molecular flexibility index (Phi) is 4.30. The second kappa shape index (κ2) is 5.87. The summed E-state index contributed by atoms with van der Waals surface area (Å²) >= 11 is 0. The largest absolute Gasteiger partial charge is 0.476 e. The number of ether oxygens (including phenoxy) is 1. The van der Waals surface area contributed by atoms with E-state index in [1.165, 1.54) is 4.90 Å². The average molecular weight is 305 g/mol. The number of carbonyl (C=O) groups is 2. The van der Waals surface area contributed by atoms with Crippen molar-refractivity contribution in [2.24, 2.45) is 5.92 Å². The first-order valence-electron chi connectivity index (χ1n) is 7.38. The fourth-order valence-electron chi connectivity index (χ4n) is 2.32. The van der Waals surface area contributed by atoms with Crippen molar-refractivity contribution in [2.75, 3.05) is 23.7 Å². The third kappa shape index (κ3) is 3.16. The maximum absolute atomic E-state index is 12.6. The Morgan fingerprint density at radius 3 is 2.73 bits per heavy atom. The number of rotatable bonds is 4. The zero-order valence-corrected chi connectivity index (χ0v) is 13.5. The van der Waals surface area contributed by atoms with Gasteiger partial charge in [-0.2, -0.15) is 0 Å². The van der Waals surface area contributed by atoms with Gasteiger partial charge < -0.3 is 15.8 Å². The number of nitrogens with two attached hydrogens (primary N) is 1. The average Bonchev–Trinajstić information content (AvgIpc) is 2.41. The van der Waals surface area contributed by atoms with Gasteiger partial charge in [-0.1, -0.05) is 19.9 Å². The van der Waals surface area contributed by atoms with Crippen molar-refractivity contribution < 1.29 is 14.3 Å². The summed E-state index contributed by atoms with van der Waals surface area (Å²) in [5, 5.41) is 2.81. The second-order valence-corrected chi connectivity index (χ2v) is 6.40. The van der Waals surface area contributed by atoms with Crippen LogP contribution in [-0.2, 0) is 9.59 Å². The number of benzene rings is 1. The molecule has 22 heavy (non-hydrogen) atoms. The van der Waals surface area contributed by atoms with Gasteiger partial charge >= 0.3 is 0 Å². The minimum Gasteiger partial charge on any atom is -0.476 e. The summed E-state index contributed by atoms with van der Waals surface area (Å²) in [6, 6.07) is 5.20. The Labute approximate surface area is 130 Å². The molecule has 2 rings (SSSR count). The molecule has 0 saturated heterocycles. The van der Waals surface area contributed by atoms with E-state index in [1.807, 2.05) is 13.8 Å². The van der Waals surface area contributed by atoms with Crippen LogP contribution >= 0.6 is 0 Å². The van der Waals surface area contributed by atoms with Gasteiger partial charge in [0, 0.05) is 6.54 Å². The molecule has 3 N–H and O–H groups in total. The van der Waals surface area contributed by atoms with E-state index in [2.05, 4.69) is 5.32 Å². The Bertz CT molecular complexity index is 596. The zero-order chi connectivity index (χ0) is 16.5. The Morgan fingerprint density at radius 1 is 1.41 bits per heavy atom. The van der Waals surface area contributed by atoms with Crippen molar-refractivity contribution in [2.45, 2.75) is 33.3 Å². The van der Waals surface area contributed by atoms with E-state index < -0.39 is 5.60 Å². The molecular formula is C16H23N3O3. The fraction of sp³-hybridized carbons (Fsp3) is 0.500. The van der Waals surface area contributed by atoms with Crippen LogP contribution < -0.4 is 20.7 Å². The molecule has 1 aromatic carbocycles. The highest BCUT2D eigenvalue weighted by molar-refractivity contribution is 6.08. The Hall–Kier alpha value is -2.24. The van der Waals surface area contributed by atoms with Gasteiger partial charge in [-0.25, -0.2) is 0 Å². The summed E-state index contributed by atoms with van der Waals surface area (Å²) in [6.45, 7) is 7.88. The van der Waals surface area contributed by atoms with E-state index in [0.717, 1.165) is 0 Å². The maximum Gasteiger partial charge on any atom is 0.271 e. The van der Waals surface area contributed by atoms with Gasteiger partial charge in [-0.3, -0.25) is 14.5 Å². The van der Waals surface area contributed by atoms with Gasteiger partial charge in [0.15, 0.2) is 5.60 Å². The first kappa shape index (κ1) is 16.1. The molecule has 6 nitrogen and oxygen atoms in total. The van der Waals surface area contributed by atoms with Crippen molar-refractivity contribution in [3.8, 4) is 5.75 Å². The van der Waals surface area contributed by atoms with Gasteiger partial charge in [0.1, 0.15) is 18.0 Å². The number of nitrogens with zero attached hydrogens (tertiary/aromatic N) is 1. The molecule has 1 aromatic rings. The van der Waals surface area contributed by atoms with Crippen LogP contribution in [0.2, 0.25) is 0 Å². The SMILES string of the molecule is CC(C)CNC(=O)CN1C(=O)C(C)(C)Oc2cccc(N)c21. The van der Waals surface area contributed by atoms with Crippen LogP contribution in [0.25, 0.3) is 0 Å². The van der Waals surface area contributed by atoms with E-state index in [9.17, 15) is 9.59 Å². The molecule has 0 aromatic heterocycles. The van der Waals surface area contributed by atoms with Crippen molar-refractivity contribution in [3.05, 3.63) is 18.2 Å². The van der Waals surface area contributed by atoms with E-state index in [4.69, 9.17) is 10.5 Å². The molecule has 0 fully saturated rings. The normalized spacial score (nSPS) is 16.2. The number of anilines is 2. The molecule has 120 valence electrons. The predicted octanol–water partition coefficient (Wildman–Crippen LogP) is 1.54. The molecule has 0 radical (unpaired) electrons. The maximum atomic E-state index is 12.6. The van der Waals surface area contributed by atoms with Crippen LogP contribution in [-0.4, -0.2) is 30.5 Å². The smallest absolute Gasteiger partial charge is 0.271 e. The quantitative estimate of drug-likeness (QED) is 0.827. The standard InChI is InChI=1S/C16H23N3O3/c1-10(2)8-18-13(20)9-19-14-11(17)6-5-7-12(14)22-16(3,4)15(19)21/h5-7,10H,8-9,17H2,1-4H3,(H,18,20). The van der Waals surface area contributed by atoms with Crippen LogP contribution in [0.15, 0.2) is 18.2 Å². The monoisotopic (exact) mass is 305 g/mol. The number of nitrogens with one attached hydrogen (secondary N) is 1. The summed E-state index contributed by atoms with van der Waals surface area (Å²) < 4.78 is 5.72. The molecule has 0 atom stereocenters. The van der Waals surface area contributed by atoms with Gasteiger partial charge in [-0.05, 0) is 31.9 Å².